The van der Waals surface area contributed by atoms with Crippen LogP contribution in [0.1, 0.15) is 26.6 Å². The Morgan fingerprint density at radius 2 is 1.96 bits per heavy atom. The second kappa shape index (κ2) is 7.20. The zero-order chi connectivity index (χ0) is 17.8. The van der Waals surface area contributed by atoms with Crippen molar-refractivity contribution in [2.75, 3.05) is 5.32 Å². The number of hydrogen-bond acceptors (Lipinski definition) is 4. The van der Waals surface area contributed by atoms with Crippen LogP contribution < -0.4 is 5.32 Å². The molecule has 0 atom stereocenters. The second-order valence-electron chi connectivity index (χ2n) is 5.03. The van der Waals surface area contributed by atoms with Crippen LogP contribution in [-0.4, -0.2) is 15.9 Å². The number of carbonyl (C=O) groups is 1. The molecular weight excluding hydrogens is 344 g/mol. The molecule has 0 radical (unpaired) electrons. The number of aromatic nitrogens is 2. The van der Waals surface area contributed by atoms with Gasteiger partial charge < -0.3 is 5.32 Å². The lowest BCUT2D eigenvalue weighted by Gasteiger charge is -2.06. The van der Waals surface area contributed by atoms with Crippen LogP contribution >= 0.6 is 11.3 Å². The van der Waals surface area contributed by atoms with Gasteiger partial charge in [0, 0.05) is 22.8 Å². The number of nitrogens with one attached hydrogen (secondary N) is 1. The van der Waals surface area contributed by atoms with Gasteiger partial charge in [-0.2, -0.15) is 4.39 Å². The third-order valence-corrected chi connectivity index (χ3v) is 3.91. The van der Waals surface area contributed by atoms with Crippen LogP contribution in [-0.2, 0) is 0 Å². The van der Waals surface area contributed by atoms with E-state index in [4.69, 9.17) is 0 Å². The quantitative estimate of drug-likeness (QED) is 0.562. The summed E-state index contributed by atoms with van der Waals surface area (Å²) in [5, 5.41) is 5.18. The fraction of sp³-hybridized carbons (Fsp3) is 0.0556. The maximum Gasteiger partial charge on any atom is 0.260 e. The third-order valence-electron chi connectivity index (χ3n) is 3.14. The van der Waals surface area contributed by atoms with Gasteiger partial charge in [-0.05, 0) is 43.2 Å². The maximum atomic E-state index is 13.9. The molecule has 1 aromatic carbocycles. The minimum Gasteiger partial charge on any atom is -0.322 e. The number of benzene rings is 1. The van der Waals surface area contributed by atoms with Crippen molar-refractivity contribution in [1.82, 2.24) is 9.97 Å². The van der Waals surface area contributed by atoms with E-state index >= 15 is 0 Å². The Morgan fingerprint density at radius 3 is 2.64 bits per heavy atom. The molecular formula is C18H11F2N3OS. The van der Waals surface area contributed by atoms with E-state index in [1.165, 1.54) is 47.9 Å². The van der Waals surface area contributed by atoms with Crippen LogP contribution in [0.3, 0.4) is 0 Å². The standard InChI is InChI=1S/C18H11F2N3OS/c1-11-22-15(10-25-11)5-2-12-8-16(17(20)21-9-12)18(24)23-14-6-3-13(19)4-7-14/h3-4,6-10H,1H3,(H,23,24). The lowest BCUT2D eigenvalue weighted by molar-refractivity contribution is 0.102. The molecule has 2 heterocycles. The van der Waals surface area contributed by atoms with Crippen LogP contribution in [0.2, 0.25) is 0 Å². The summed E-state index contributed by atoms with van der Waals surface area (Å²) in [6, 6.07) is 6.47. The molecule has 1 N–H and O–H groups in total. The number of hydrogen-bond donors (Lipinski definition) is 1. The number of thiazole rings is 1. The van der Waals surface area contributed by atoms with E-state index in [9.17, 15) is 13.6 Å². The lowest BCUT2D eigenvalue weighted by Crippen LogP contribution is -2.15. The topological polar surface area (TPSA) is 54.9 Å². The number of aryl methyl sites for hydroxylation is 1. The molecule has 0 bridgehead atoms. The summed E-state index contributed by atoms with van der Waals surface area (Å²) in [5.74, 6) is 3.61. The molecule has 0 aliphatic rings. The minimum absolute atomic E-state index is 0.245. The van der Waals surface area contributed by atoms with Crippen LogP contribution in [0, 0.1) is 30.5 Å². The van der Waals surface area contributed by atoms with Gasteiger partial charge in [-0.3, -0.25) is 4.79 Å². The van der Waals surface area contributed by atoms with E-state index in [2.05, 4.69) is 27.1 Å². The van der Waals surface area contributed by atoms with E-state index in [-0.39, 0.29) is 5.56 Å². The van der Waals surface area contributed by atoms with Gasteiger partial charge in [-0.1, -0.05) is 5.92 Å². The number of rotatable bonds is 2. The van der Waals surface area contributed by atoms with Gasteiger partial charge in [0.1, 0.15) is 11.5 Å². The van der Waals surface area contributed by atoms with Gasteiger partial charge in [0.2, 0.25) is 5.95 Å². The minimum atomic E-state index is -0.908. The van der Waals surface area contributed by atoms with E-state index in [0.29, 0.717) is 16.9 Å². The lowest BCUT2D eigenvalue weighted by atomic mass is 10.2. The average molecular weight is 355 g/mol. The normalized spacial score (nSPS) is 10.0. The Labute approximate surface area is 146 Å². The first-order valence-corrected chi connectivity index (χ1v) is 8.06. The Balaban J connectivity index is 1.82. The summed E-state index contributed by atoms with van der Waals surface area (Å²) in [5.41, 5.74) is 1.09. The number of carbonyl (C=O) groups excluding carboxylic acids is 1. The number of nitrogens with zero attached hydrogens (tertiary/aromatic N) is 2. The summed E-state index contributed by atoms with van der Waals surface area (Å²) in [6.07, 6.45) is 1.25. The van der Waals surface area contributed by atoms with Crippen molar-refractivity contribution in [1.29, 1.82) is 0 Å². The Hall–Kier alpha value is -3.11. The van der Waals surface area contributed by atoms with Crippen LogP contribution in [0.25, 0.3) is 0 Å². The third kappa shape index (κ3) is 4.25. The molecule has 0 aliphatic heterocycles. The predicted molar refractivity (Wildman–Crippen MR) is 91.4 cm³/mol. The van der Waals surface area contributed by atoms with Crippen molar-refractivity contribution in [3.63, 3.8) is 0 Å². The van der Waals surface area contributed by atoms with Gasteiger partial charge in [0.25, 0.3) is 5.91 Å². The molecule has 124 valence electrons. The van der Waals surface area contributed by atoms with Gasteiger partial charge >= 0.3 is 0 Å². The van der Waals surface area contributed by atoms with E-state index < -0.39 is 17.7 Å². The zero-order valence-electron chi connectivity index (χ0n) is 13.0. The molecule has 0 aliphatic carbocycles. The van der Waals surface area contributed by atoms with Gasteiger partial charge in [-0.25, -0.2) is 14.4 Å². The molecule has 0 spiro atoms. The summed E-state index contributed by atoms with van der Waals surface area (Å²) in [6.45, 7) is 1.87. The fourth-order valence-electron chi connectivity index (χ4n) is 1.96. The van der Waals surface area contributed by atoms with Crippen LogP contribution in [0.5, 0.6) is 0 Å². The van der Waals surface area contributed by atoms with E-state index in [1.54, 1.807) is 5.38 Å². The highest BCUT2D eigenvalue weighted by molar-refractivity contribution is 7.09. The van der Waals surface area contributed by atoms with E-state index in [0.717, 1.165) is 5.01 Å². The molecule has 4 nitrogen and oxygen atoms in total. The molecule has 25 heavy (non-hydrogen) atoms. The number of halogens is 2. The highest BCUT2D eigenvalue weighted by Crippen LogP contribution is 2.13. The predicted octanol–water partition coefficient (Wildman–Crippen LogP) is 3.78. The van der Waals surface area contributed by atoms with Gasteiger partial charge in [0.05, 0.1) is 10.6 Å². The highest BCUT2D eigenvalue weighted by atomic mass is 32.1. The highest BCUT2D eigenvalue weighted by Gasteiger charge is 2.14. The molecule has 0 saturated heterocycles. The monoisotopic (exact) mass is 355 g/mol. The number of anilines is 1. The zero-order valence-corrected chi connectivity index (χ0v) is 13.8. The molecule has 1 amide bonds. The molecule has 0 fully saturated rings. The first-order valence-electron chi connectivity index (χ1n) is 7.18. The number of amides is 1. The summed E-state index contributed by atoms with van der Waals surface area (Å²) in [7, 11) is 0. The van der Waals surface area contributed by atoms with Crippen molar-refractivity contribution in [2.45, 2.75) is 6.92 Å². The van der Waals surface area contributed by atoms with Crippen LogP contribution in [0.4, 0.5) is 14.5 Å². The Morgan fingerprint density at radius 1 is 1.20 bits per heavy atom. The Kier molecular flexibility index (Phi) is 4.82. The average Bonchev–Trinajstić information content (AvgIpc) is 3.01. The molecule has 0 unspecified atom stereocenters. The van der Waals surface area contributed by atoms with Crippen molar-refractivity contribution in [3.05, 3.63) is 75.5 Å². The fourth-order valence-corrected chi connectivity index (χ4v) is 2.51. The van der Waals surface area contributed by atoms with Crippen LogP contribution in [0.15, 0.2) is 41.9 Å². The van der Waals surface area contributed by atoms with Crippen molar-refractivity contribution < 1.29 is 13.6 Å². The van der Waals surface area contributed by atoms with E-state index in [1.807, 2.05) is 6.92 Å². The summed E-state index contributed by atoms with van der Waals surface area (Å²) >= 11 is 1.47. The first kappa shape index (κ1) is 16.7. The molecule has 7 heteroatoms. The second-order valence-corrected chi connectivity index (χ2v) is 6.09. The van der Waals surface area contributed by atoms with Crippen molar-refractivity contribution in [2.24, 2.45) is 0 Å². The maximum absolute atomic E-state index is 13.9. The SMILES string of the molecule is Cc1nc(C#Cc2cnc(F)c(C(=O)Nc3ccc(F)cc3)c2)cs1. The molecule has 2 aromatic heterocycles. The largest absolute Gasteiger partial charge is 0.322 e. The molecule has 3 rings (SSSR count). The Bertz CT molecular complexity index is 988. The first-order chi connectivity index (χ1) is 12.0. The summed E-state index contributed by atoms with van der Waals surface area (Å²) < 4.78 is 26.8. The molecule has 0 saturated carbocycles. The number of pyridine rings is 1. The van der Waals surface area contributed by atoms with Gasteiger partial charge in [-0.15, -0.1) is 11.3 Å². The molecule has 3 aromatic rings. The van der Waals surface area contributed by atoms with Crippen molar-refractivity contribution >= 4 is 22.9 Å². The smallest absolute Gasteiger partial charge is 0.260 e. The summed E-state index contributed by atoms with van der Waals surface area (Å²) in [4.78, 5) is 20.0. The van der Waals surface area contributed by atoms with Gasteiger partial charge in [0.15, 0.2) is 0 Å². The van der Waals surface area contributed by atoms with Crippen molar-refractivity contribution in [3.8, 4) is 11.8 Å².